The Morgan fingerprint density at radius 1 is 1.29 bits per heavy atom. The molecule has 1 aromatic carbocycles. The van der Waals surface area contributed by atoms with E-state index >= 15 is 0 Å². The first-order valence-corrected chi connectivity index (χ1v) is 10.9. The summed E-state index contributed by atoms with van der Waals surface area (Å²) in [5.74, 6) is 0.118. The number of rotatable bonds is 6. The van der Waals surface area contributed by atoms with Crippen LogP contribution in [0.4, 0.5) is 0 Å². The van der Waals surface area contributed by atoms with Gasteiger partial charge >= 0.3 is 0 Å². The van der Waals surface area contributed by atoms with Gasteiger partial charge in [0.25, 0.3) is 5.91 Å². The number of sulfonamides is 1. The minimum absolute atomic E-state index is 0.143. The molecule has 1 fully saturated rings. The van der Waals surface area contributed by atoms with Crippen LogP contribution in [0.5, 0.6) is 0 Å². The fraction of sp³-hybridized carbons (Fsp3) is 0.474. The Bertz CT molecular complexity index is 995. The summed E-state index contributed by atoms with van der Waals surface area (Å²) in [5.41, 5.74) is 1.43. The molecule has 1 aromatic heterocycles. The highest BCUT2D eigenvalue weighted by Crippen LogP contribution is 2.36. The molecule has 1 N–H and O–H groups in total. The lowest BCUT2D eigenvalue weighted by molar-refractivity contribution is 0.0944. The molecule has 1 aliphatic heterocycles. The van der Waals surface area contributed by atoms with Crippen LogP contribution in [0.15, 0.2) is 35.5 Å². The fourth-order valence-corrected chi connectivity index (χ4v) is 5.07. The molecule has 9 heteroatoms. The van der Waals surface area contributed by atoms with Gasteiger partial charge in [0.15, 0.2) is 5.69 Å². The Hall–Kier alpha value is -2.23. The third-order valence-electron chi connectivity index (χ3n) is 5.15. The summed E-state index contributed by atoms with van der Waals surface area (Å²) in [7, 11) is 0.237. The highest BCUT2D eigenvalue weighted by molar-refractivity contribution is 7.89. The van der Waals surface area contributed by atoms with Gasteiger partial charge < -0.3 is 10.2 Å². The molecule has 2 aliphatic rings. The lowest BCUT2D eigenvalue weighted by Gasteiger charge is -2.20. The number of aromatic nitrogens is 2. The average Bonchev–Trinajstić information content (AvgIpc) is 3.38. The molecular formula is C19H25N5O3S. The van der Waals surface area contributed by atoms with Crippen molar-refractivity contribution in [2.45, 2.75) is 24.3 Å². The predicted molar refractivity (Wildman–Crippen MR) is 105 cm³/mol. The van der Waals surface area contributed by atoms with E-state index in [1.54, 1.807) is 35.2 Å². The van der Waals surface area contributed by atoms with E-state index in [4.69, 9.17) is 0 Å². The van der Waals surface area contributed by atoms with Crippen LogP contribution in [0, 0.1) is 5.92 Å². The van der Waals surface area contributed by atoms with Crippen LogP contribution in [0.2, 0.25) is 0 Å². The van der Waals surface area contributed by atoms with Gasteiger partial charge in [0.1, 0.15) is 11.2 Å². The number of para-hydroxylation sites is 1. The SMILES string of the molecule is CN(C)CCNC(=O)c1ncn2c1CN(CC1CC1)S(=O)(=O)c1ccccc1-2. The first kappa shape index (κ1) is 19.1. The number of fused-ring (bicyclic) bond motifs is 3. The molecule has 2 heterocycles. The molecule has 150 valence electrons. The molecule has 0 radical (unpaired) electrons. The van der Waals surface area contributed by atoms with Crippen molar-refractivity contribution in [1.82, 2.24) is 24.1 Å². The highest BCUT2D eigenvalue weighted by atomic mass is 32.2. The van der Waals surface area contributed by atoms with Crippen molar-refractivity contribution in [1.29, 1.82) is 0 Å². The zero-order valence-corrected chi connectivity index (χ0v) is 16.9. The number of hydrogen-bond acceptors (Lipinski definition) is 5. The van der Waals surface area contributed by atoms with Crippen LogP contribution in [-0.2, 0) is 16.6 Å². The number of carbonyl (C=O) groups excluding carboxylic acids is 1. The van der Waals surface area contributed by atoms with E-state index in [1.165, 1.54) is 4.31 Å². The van der Waals surface area contributed by atoms with E-state index in [-0.39, 0.29) is 23.0 Å². The number of hydrogen-bond donors (Lipinski definition) is 1. The van der Waals surface area contributed by atoms with Crippen LogP contribution in [0.25, 0.3) is 5.69 Å². The summed E-state index contributed by atoms with van der Waals surface area (Å²) in [5, 5.41) is 2.88. The van der Waals surface area contributed by atoms with Crippen molar-refractivity contribution >= 4 is 15.9 Å². The van der Waals surface area contributed by atoms with Gasteiger partial charge in [0, 0.05) is 19.6 Å². The van der Waals surface area contributed by atoms with E-state index in [0.29, 0.717) is 36.9 Å². The van der Waals surface area contributed by atoms with Crippen LogP contribution in [0.3, 0.4) is 0 Å². The number of nitrogens with one attached hydrogen (secondary N) is 1. The van der Waals surface area contributed by atoms with Crippen LogP contribution in [0.1, 0.15) is 29.0 Å². The smallest absolute Gasteiger partial charge is 0.271 e. The molecule has 1 amide bonds. The van der Waals surface area contributed by atoms with Crippen molar-refractivity contribution in [2.24, 2.45) is 5.92 Å². The fourth-order valence-electron chi connectivity index (χ4n) is 3.42. The van der Waals surface area contributed by atoms with Crippen LogP contribution >= 0.6 is 0 Å². The Kier molecular flexibility index (Phi) is 4.98. The number of likely N-dealkylation sites (N-methyl/N-ethyl adjacent to an activating group) is 1. The Morgan fingerprint density at radius 2 is 2.04 bits per heavy atom. The normalized spacial score (nSPS) is 18.4. The van der Waals surface area contributed by atoms with Crippen LogP contribution < -0.4 is 5.32 Å². The molecule has 2 aromatic rings. The van der Waals surface area contributed by atoms with Gasteiger partial charge in [-0.3, -0.25) is 9.36 Å². The lowest BCUT2D eigenvalue weighted by atomic mass is 10.2. The third-order valence-corrected chi connectivity index (χ3v) is 7.01. The van der Waals surface area contributed by atoms with Gasteiger partial charge in [-0.2, -0.15) is 4.31 Å². The van der Waals surface area contributed by atoms with Gasteiger partial charge in [-0.05, 0) is 45.0 Å². The second kappa shape index (κ2) is 7.31. The summed E-state index contributed by atoms with van der Waals surface area (Å²) in [6, 6.07) is 6.90. The van der Waals surface area contributed by atoms with Crippen molar-refractivity contribution in [3.05, 3.63) is 42.0 Å². The van der Waals surface area contributed by atoms with Gasteiger partial charge in [-0.1, -0.05) is 12.1 Å². The summed E-state index contributed by atoms with van der Waals surface area (Å²) in [6.45, 7) is 1.83. The van der Waals surface area contributed by atoms with Crippen molar-refractivity contribution in [3.63, 3.8) is 0 Å². The summed E-state index contributed by atoms with van der Waals surface area (Å²) >= 11 is 0. The summed E-state index contributed by atoms with van der Waals surface area (Å²) < 4.78 is 29.8. The van der Waals surface area contributed by atoms with E-state index in [9.17, 15) is 13.2 Å². The largest absolute Gasteiger partial charge is 0.349 e. The maximum Gasteiger partial charge on any atom is 0.271 e. The minimum atomic E-state index is -3.64. The van der Waals surface area contributed by atoms with Crippen LogP contribution in [-0.4, -0.2) is 66.8 Å². The maximum atomic E-state index is 13.3. The number of amides is 1. The molecular weight excluding hydrogens is 378 g/mol. The molecule has 1 saturated carbocycles. The molecule has 0 saturated heterocycles. The van der Waals surface area contributed by atoms with Gasteiger partial charge in [-0.25, -0.2) is 13.4 Å². The molecule has 0 bridgehead atoms. The number of imidazole rings is 1. The third kappa shape index (κ3) is 3.57. The molecule has 28 heavy (non-hydrogen) atoms. The number of benzene rings is 1. The molecule has 8 nitrogen and oxygen atoms in total. The summed E-state index contributed by atoms with van der Waals surface area (Å²) in [6.07, 6.45) is 3.64. The highest BCUT2D eigenvalue weighted by Gasteiger charge is 2.37. The quantitative estimate of drug-likeness (QED) is 0.780. The van der Waals surface area contributed by atoms with Gasteiger partial charge in [0.05, 0.1) is 17.9 Å². The zero-order chi connectivity index (χ0) is 19.9. The molecule has 0 unspecified atom stereocenters. The Labute approximate surface area is 165 Å². The van der Waals surface area contributed by atoms with Crippen molar-refractivity contribution < 1.29 is 13.2 Å². The Morgan fingerprint density at radius 3 is 2.75 bits per heavy atom. The minimum Gasteiger partial charge on any atom is -0.349 e. The van der Waals surface area contributed by atoms with E-state index in [0.717, 1.165) is 12.8 Å². The van der Waals surface area contributed by atoms with E-state index in [1.807, 2.05) is 19.0 Å². The maximum absolute atomic E-state index is 13.3. The summed E-state index contributed by atoms with van der Waals surface area (Å²) in [4.78, 5) is 19.3. The lowest BCUT2D eigenvalue weighted by Crippen LogP contribution is -2.34. The predicted octanol–water partition coefficient (Wildman–Crippen LogP) is 1.08. The second-order valence-electron chi connectivity index (χ2n) is 7.68. The van der Waals surface area contributed by atoms with Gasteiger partial charge in [-0.15, -0.1) is 0 Å². The standard InChI is InChI=1S/C19H25N5O3S/c1-22(2)10-9-20-19(25)18-16-12-23(11-14-7-8-14)28(26,27)17-6-4-3-5-15(17)24(16)13-21-18/h3-6,13-14H,7-12H2,1-2H3,(H,20,25). The zero-order valence-electron chi connectivity index (χ0n) is 16.1. The average molecular weight is 404 g/mol. The first-order chi connectivity index (χ1) is 13.4. The molecule has 0 spiro atoms. The number of nitrogens with zero attached hydrogens (tertiary/aromatic N) is 4. The molecule has 1 aliphatic carbocycles. The van der Waals surface area contributed by atoms with E-state index in [2.05, 4.69) is 10.3 Å². The van der Waals surface area contributed by atoms with E-state index < -0.39 is 10.0 Å². The Balaban J connectivity index is 1.73. The topological polar surface area (TPSA) is 87.5 Å². The van der Waals surface area contributed by atoms with Gasteiger partial charge in [0.2, 0.25) is 10.0 Å². The molecule has 0 atom stereocenters. The van der Waals surface area contributed by atoms with Crippen molar-refractivity contribution in [2.75, 3.05) is 33.7 Å². The molecule has 4 rings (SSSR count). The number of carbonyl (C=O) groups is 1. The first-order valence-electron chi connectivity index (χ1n) is 9.46. The monoisotopic (exact) mass is 403 g/mol. The second-order valence-corrected chi connectivity index (χ2v) is 9.58. The van der Waals surface area contributed by atoms with Crippen molar-refractivity contribution in [3.8, 4) is 5.69 Å².